The van der Waals surface area contributed by atoms with Gasteiger partial charge in [-0.25, -0.2) is 4.79 Å². The number of morpholine rings is 1. The maximum atomic E-state index is 12.9. The molecule has 0 bridgehead atoms. The van der Waals surface area contributed by atoms with E-state index in [0.717, 1.165) is 11.1 Å². The van der Waals surface area contributed by atoms with Crippen molar-refractivity contribution in [3.63, 3.8) is 0 Å². The van der Waals surface area contributed by atoms with Gasteiger partial charge in [0, 0.05) is 39.0 Å². The number of hydrogen-bond donors (Lipinski definition) is 1. The lowest BCUT2D eigenvalue weighted by atomic mass is 9.96. The molecular weight excluding hydrogens is 314 g/mol. The summed E-state index contributed by atoms with van der Waals surface area (Å²) in [4.78, 5) is 43.0. The van der Waals surface area contributed by atoms with Crippen LogP contribution in [0.15, 0.2) is 12.4 Å². The Labute approximate surface area is 139 Å². The first-order valence-corrected chi connectivity index (χ1v) is 7.82. The molecule has 1 aromatic rings. The lowest BCUT2D eigenvalue weighted by Gasteiger charge is -2.34. The first-order chi connectivity index (χ1) is 11.5. The minimum absolute atomic E-state index is 0.0123. The molecule has 2 aliphatic rings. The van der Waals surface area contributed by atoms with Crippen molar-refractivity contribution in [3.05, 3.63) is 29.1 Å². The summed E-state index contributed by atoms with van der Waals surface area (Å²) in [5.74, 6) is -1.44. The molecule has 128 valence electrons. The van der Waals surface area contributed by atoms with Crippen molar-refractivity contribution < 1.29 is 24.2 Å². The van der Waals surface area contributed by atoms with E-state index in [1.165, 1.54) is 18.0 Å². The number of hydrogen-bond acceptors (Lipinski definition) is 5. The molecule has 1 aromatic heterocycles. The highest BCUT2D eigenvalue weighted by atomic mass is 16.5. The lowest BCUT2D eigenvalue weighted by molar-refractivity contribution is -0.147. The summed E-state index contributed by atoms with van der Waals surface area (Å²) in [6.45, 7) is 3.01. The van der Waals surface area contributed by atoms with E-state index in [4.69, 9.17) is 4.74 Å². The van der Waals surface area contributed by atoms with Crippen molar-refractivity contribution in [3.8, 4) is 0 Å². The standard InChI is InChI=1S/C16H19N3O5/c1-10(20)18-3-2-12-11(8-18)6-17-7-13(12)15(21)19-4-5-24-9-14(19)16(22)23/h6-7,14H,2-5,8-9H2,1H3,(H,22,23). The Balaban J connectivity index is 1.90. The topological polar surface area (TPSA) is 100 Å². The van der Waals surface area contributed by atoms with Crippen LogP contribution in [0.3, 0.4) is 0 Å². The second-order valence-corrected chi connectivity index (χ2v) is 5.94. The van der Waals surface area contributed by atoms with Crippen LogP contribution in [-0.4, -0.2) is 70.0 Å². The van der Waals surface area contributed by atoms with Crippen LogP contribution in [0.1, 0.15) is 28.4 Å². The fourth-order valence-corrected chi connectivity index (χ4v) is 3.15. The number of amides is 2. The predicted molar refractivity (Wildman–Crippen MR) is 82.3 cm³/mol. The monoisotopic (exact) mass is 333 g/mol. The number of fused-ring (bicyclic) bond motifs is 1. The van der Waals surface area contributed by atoms with Crippen LogP contribution in [0.2, 0.25) is 0 Å². The fraction of sp³-hybridized carbons (Fsp3) is 0.500. The maximum absolute atomic E-state index is 12.9. The van der Waals surface area contributed by atoms with Crippen LogP contribution in [0.4, 0.5) is 0 Å². The van der Waals surface area contributed by atoms with Gasteiger partial charge in [0.05, 0.1) is 18.8 Å². The molecule has 8 nitrogen and oxygen atoms in total. The van der Waals surface area contributed by atoms with Gasteiger partial charge in [-0.2, -0.15) is 0 Å². The third-order valence-electron chi connectivity index (χ3n) is 4.49. The molecule has 2 amide bonds. The van der Waals surface area contributed by atoms with E-state index < -0.39 is 12.0 Å². The molecule has 1 saturated heterocycles. The molecule has 0 saturated carbocycles. The summed E-state index contributed by atoms with van der Waals surface area (Å²) in [7, 11) is 0. The summed E-state index contributed by atoms with van der Waals surface area (Å²) >= 11 is 0. The lowest BCUT2D eigenvalue weighted by Crippen LogP contribution is -2.53. The number of carboxylic acids is 1. The predicted octanol–water partition coefficient (Wildman–Crippen LogP) is -0.0882. The Hall–Kier alpha value is -2.48. The summed E-state index contributed by atoms with van der Waals surface area (Å²) in [6.07, 6.45) is 3.70. The molecule has 0 radical (unpaired) electrons. The van der Waals surface area contributed by atoms with E-state index in [9.17, 15) is 19.5 Å². The quantitative estimate of drug-likeness (QED) is 0.812. The van der Waals surface area contributed by atoms with Gasteiger partial charge in [0.25, 0.3) is 5.91 Å². The molecule has 8 heteroatoms. The number of carbonyl (C=O) groups is 3. The normalized spacial score (nSPS) is 20.5. The van der Waals surface area contributed by atoms with Crippen molar-refractivity contribution in [2.45, 2.75) is 25.9 Å². The minimum atomic E-state index is -1.08. The first-order valence-electron chi connectivity index (χ1n) is 7.82. The second-order valence-electron chi connectivity index (χ2n) is 5.94. The summed E-state index contributed by atoms with van der Waals surface area (Å²) in [6, 6.07) is -0.987. The maximum Gasteiger partial charge on any atom is 0.328 e. The minimum Gasteiger partial charge on any atom is -0.480 e. The van der Waals surface area contributed by atoms with Gasteiger partial charge in [-0.05, 0) is 17.5 Å². The van der Waals surface area contributed by atoms with Crippen LogP contribution in [0.25, 0.3) is 0 Å². The molecular formula is C16H19N3O5. The van der Waals surface area contributed by atoms with Crippen molar-refractivity contribution in [2.75, 3.05) is 26.3 Å². The number of nitrogens with zero attached hydrogens (tertiary/aromatic N) is 3. The average molecular weight is 333 g/mol. The molecule has 1 fully saturated rings. The van der Waals surface area contributed by atoms with Gasteiger partial charge in [-0.1, -0.05) is 0 Å². The third-order valence-corrected chi connectivity index (χ3v) is 4.49. The van der Waals surface area contributed by atoms with Crippen LogP contribution in [0.5, 0.6) is 0 Å². The Morgan fingerprint density at radius 3 is 2.79 bits per heavy atom. The Morgan fingerprint density at radius 1 is 1.29 bits per heavy atom. The highest BCUT2D eigenvalue weighted by Gasteiger charge is 2.35. The van der Waals surface area contributed by atoms with Gasteiger partial charge in [0.1, 0.15) is 0 Å². The van der Waals surface area contributed by atoms with E-state index in [2.05, 4.69) is 4.98 Å². The van der Waals surface area contributed by atoms with Gasteiger partial charge < -0.3 is 19.6 Å². The van der Waals surface area contributed by atoms with E-state index in [1.807, 2.05) is 0 Å². The Morgan fingerprint density at radius 2 is 2.08 bits per heavy atom. The average Bonchev–Trinajstić information content (AvgIpc) is 2.60. The number of ether oxygens (including phenoxy) is 1. The molecule has 0 spiro atoms. The molecule has 1 atom stereocenters. The largest absolute Gasteiger partial charge is 0.480 e. The highest BCUT2D eigenvalue weighted by molar-refractivity contribution is 5.98. The molecule has 24 heavy (non-hydrogen) atoms. The Bertz CT molecular complexity index is 690. The van der Waals surface area contributed by atoms with Crippen molar-refractivity contribution in [1.82, 2.24) is 14.8 Å². The van der Waals surface area contributed by atoms with E-state index >= 15 is 0 Å². The number of aromatic nitrogens is 1. The molecule has 3 heterocycles. The molecule has 2 aliphatic heterocycles. The molecule has 0 aliphatic carbocycles. The number of carbonyl (C=O) groups excluding carboxylic acids is 2. The van der Waals surface area contributed by atoms with Crippen molar-refractivity contribution in [2.24, 2.45) is 0 Å². The zero-order valence-corrected chi connectivity index (χ0v) is 13.4. The van der Waals surface area contributed by atoms with E-state index in [1.54, 1.807) is 11.1 Å². The highest BCUT2D eigenvalue weighted by Crippen LogP contribution is 2.24. The zero-order valence-electron chi connectivity index (χ0n) is 13.4. The number of carboxylic acid groups (broad SMARTS) is 1. The van der Waals surface area contributed by atoms with E-state index in [0.29, 0.717) is 31.7 Å². The first kappa shape index (κ1) is 16.4. The van der Waals surface area contributed by atoms with Gasteiger partial charge in [-0.15, -0.1) is 0 Å². The zero-order chi connectivity index (χ0) is 17.3. The second kappa shape index (κ2) is 6.56. The van der Waals surface area contributed by atoms with Gasteiger partial charge in [0.15, 0.2) is 6.04 Å². The third kappa shape index (κ3) is 2.96. The summed E-state index contributed by atoms with van der Waals surface area (Å²) in [5.41, 5.74) is 2.11. The molecule has 3 rings (SSSR count). The smallest absolute Gasteiger partial charge is 0.328 e. The number of pyridine rings is 1. The van der Waals surface area contributed by atoms with Crippen LogP contribution in [-0.2, 0) is 27.3 Å². The van der Waals surface area contributed by atoms with Crippen LogP contribution in [0, 0.1) is 0 Å². The fourth-order valence-electron chi connectivity index (χ4n) is 3.15. The van der Waals surface area contributed by atoms with Crippen LogP contribution < -0.4 is 0 Å². The molecule has 0 aromatic carbocycles. The van der Waals surface area contributed by atoms with Crippen molar-refractivity contribution in [1.29, 1.82) is 0 Å². The van der Waals surface area contributed by atoms with Crippen LogP contribution >= 0.6 is 0 Å². The van der Waals surface area contributed by atoms with Gasteiger partial charge in [-0.3, -0.25) is 14.6 Å². The SMILES string of the molecule is CC(=O)N1CCc2c(cncc2C(=O)N2CCOCC2C(=O)O)C1. The van der Waals surface area contributed by atoms with Gasteiger partial charge >= 0.3 is 5.97 Å². The number of rotatable bonds is 2. The summed E-state index contributed by atoms with van der Waals surface area (Å²) in [5, 5.41) is 9.31. The van der Waals surface area contributed by atoms with Gasteiger partial charge in [0.2, 0.25) is 5.91 Å². The summed E-state index contributed by atoms with van der Waals surface area (Å²) < 4.78 is 5.18. The van der Waals surface area contributed by atoms with Crippen molar-refractivity contribution >= 4 is 17.8 Å². The van der Waals surface area contributed by atoms with E-state index in [-0.39, 0.29) is 25.0 Å². The number of aliphatic carboxylic acids is 1. The molecule has 1 unspecified atom stereocenters. The Kier molecular flexibility index (Phi) is 4.48. The molecule has 1 N–H and O–H groups in total.